The van der Waals surface area contributed by atoms with Crippen LogP contribution in [0, 0.1) is 10.1 Å². The predicted octanol–water partition coefficient (Wildman–Crippen LogP) is 3.24. The van der Waals surface area contributed by atoms with Gasteiger partial charge >= 0.3 is 5.69 Å². The second kappa shape index (κ2) is 7.26. The molecule has 0 amide bonds. The molecule has 2 aromatic heterocycles. The van der Waals surface area contributed by atoms with E-state index in [-0.39, 0.29) is 11.5 Å². The molecule has 3 aromatic rings. The Morgan fingerprint density at radius 3 is 2.76 bits per heavy atom. The normalized spacial score (nSPS) is 10.8. The molecule has 0 aliphatic rings. The van der Waals surface area contributed by atoms with E-state index in [1.54, 1.807) is 13.3 Å². The van der Waals surface area contributed by atoms with Gasteiger partial charge in [0, 0.05) is 24.1 Å². The first-order valence-corrected chi connectivity index (χ1v) is 7.39. The fourth-order valence-electron chi connectivity index (χ4n) is 2.27. The van der Waals surface area contributed by atoms with E-state index in [9.17, 15) is 10.1 Å². The highest BCUT2D eigenvalue weighted by Gasteiger charge is 2.13. The first-order valence-electron chi connectivity index (χ1n) is 7.39. The van der Waals surface area contributed by atoms with Gasteiger partial charge in [-0.25, -0.2) is 4.98 Å². The van der Waals surface area contributed by atoms with Crippen LogP contribution in [0.3, 0.4) is 0 Å². The van der Waals surface area contributed by atoms with E-state index in [0.29, 0.717) is 0 Å². The van der Waals surface area contributed by atoms with Crippen molar-refractivity contribution in [3.63, 3.8) is 0 Å². The number of hydrogen-bond donors (Lipinski definition) is 1. The fourth-order valence-corrected chi connectivity index (χ4v) is 2.27. The average Bonchev–Trinajstić information content (AvgIpc) is 3.10. The van der Waals surface area contributed by atoms with E-state index >= 15 is 0 Å². The van der Waals surface area contributed by atoms with Crippen molar-refractivity contribution in [3.8, 4) is 11.4 Å². The first kappa shape index (κ1) is 16.2. The molecule has 8 nitrogen and oxygen atoms in total. The van der Waals surface area contributed by atoms with E-state index in [0.717, 1.165) is 17.1 Å². The minimum Gasteiger partial charge on any atom is -0.497 e. The molecule has 0 saturated heterocycles. The molecule has 1 aromatic carbocycles. The summed E-state index contributed by atoms with van der Waals surface area (Å²) in [7, 11) is 1.62. The zero-order valence-electron chi connectivity index (χ0n) is 13.4. The molecule has 8 heteroatoms. The molecule has 126 valence electrons. The summed E-state index contributed by atoms with van der Waals surface area (Å²) < 4.78 is 7.08. The van der Waals surface area contributed by atoms with Crippen LogP contribution in [0.1, 0.15) is 5.69 Å². The Morgan fingerprint density at radius 2 is 2.04 bits per heavy atom. The molecule has 0 radical (unpaired) electrons. The summed E-state index contributed by atoms with van der Waals surface area (Å²) in [6.45, 7) is 0. The molecular formula is C17H15N5O3. The number of pyridine rings is 1. The summed E-state index contributed by atoms with van der Waals surface area (Å²) in [5, 5.41) is 15.0. The SMILES string of the molecule is COc1ccc(-n2cccc2/C=N\Nc2ncccc2[N+](=O)[O-])cc1. The van der Waals surface area contributed by atoms with Gasteiger partial charge in [-0.05, 0) is 42.5 Å². The van der Waals surface area contributed by atoms with Crippen molar-refractivity contribution in [2.45, 2.75) is 0 Å². The van der Waals surface area contributed by atoms with Crippen molar-refractivity contribution >= 4 is 17.7 Å². The number of methoxy groups -OCH3 is 1. The van der Waals surface area contributed by atoms with Gasteiger partial charge in [0.25, 0.3) is 0 Å². The lowest BCUT2D eigenvalue weighted by Gasteiger charge is -2.07. The van der Waals surface area contributed by atoms with Gasteiger partial charge in [0.2, 0.25) is 5.82 Å². The van der Waals surface area contributed by atoms with Crippen LogP contribution in [0.15, 0.2) is 66.0 Å². The van der Waals surface area contributed by atoms with Crippen LogP contribution in [-0.2, 0) is 0 Å². The van der Waals surface area contributed by atoms with Gasteiger partial charge < -0.3 is 9.30 Å². The van der Waals surface area contributed by atoms with Crippen LogP contribution in [0.4, 0.5) is 11.5 Å². The Labute approximate surface area is 143 Å². The monoisotopic (exact) mass is 337 g/mol. The van der Waals surface area contributed by atoms with Crippen molar-refractivity contribution in [1.82, 2.24) is 9.55 Å². The Balaban J connectivity index is 1.79. The van der Waals surface area contributed by atoms with Gasteiger partial charge in [-0.3, -0.25) is 15.5 Å². The van der Waals surface area contributed by atoms with Crippen LogP contribution in [-0.4, -0.2) is 27.8 Å². The largest absolute Gasteiger partial charge is 0.497 e. The molecule has 0 atom stereocenters. The number of hydrazone groups is 1. The maximum absolute atomic E-state index is 11.0. The van der Waals surface area contributed by atoms with E-state index in [4.69, 9.17) is 4.74 Å². The maximum atomic E-state index is 11.0. The number of benzene rings is 1. The average molecular weight is 337 g/mol. The molecule has 0 spiro atoms. The molecule has 2 heterocycles. The van der Waals surface area contributed by atoms with Gasteiger partial charge in [0.15, 0.2) is 0 Å². The van der Waals surface area contributed by atoms with Crippen LogP contribution >= 0.6 is 0 Å². The van der Waals surface area contributed by atoms with Crippen LogP contribution in [0.25, 0.3) is 5.69 Å². The third kappa shape index (κ3) is 3.63. The number of rotatable bonds is 6. The minimum atomic E-state index is -0.509. The van der Waals surface area contributed by atoms with Gasteiger partial charge in [-0.1, -0.05) is 0 Å². The van der Waals surface area contributed by atoms with Crippen LogP contribution < -0.4 is 10.2 Å². The molecule has 0 saturated carbocycles. The standard InChI is InChI=1S/C17H15N5O3/c1-25-15-8-6-13(7-9-15)21-11-3-4-14(21)12-19-20-17-16(22(23)24)5-2-10-18-17/h2-12H,1H3,(H,18,20)/b19-12-. The Kier molecular flexibility index (Phi) is 4.70. The molecule has 1 N–H and O–H groups in total. The van der Waals surface area contributed by atoms with Gasteiger partial charge in [-0.15, -0.1) is 0 Å². The quantitative estimate of drug-likeness (QED) is 0.423. The maximum Gasteiger partial charge on any atom is 0.313 e. The molecular weight excluding hydrogens is 322 g/mol. The third-order valence-corrected chi connectivity index (χ3v) is 3.48. The third-order valence-electron chi connectivity index (χ3n) is 3.48. The highest BCUT2D eigenvalue weighted by Crippen LogP contribution is 2.20. The molecule has 0 fully saturated rings. The highest BCUT2D eigenvalue weighted by atomic mass is 16.6. The van der Waals surface area contributed by atoms with E-state index in [1.165, 1.54) is 18.3 Å². The van der Waals surface area contributed by atoms with Gasteiger partial charge in [0.05, 0.1) is 23.9 Å². The summed E-state index contributed by atoms with van der Waals surface area (Å²) in [6, 6.07) is 14.2. The van der Waals surface area contributed by atoms with Crippen molar-refractivity contribution in [3.05, 3.63) is 76.7 Å². The van der Waals surface area contributed by atoms with Gasteiger partial charge in [0.1, 0.15) is 5.75 Å². The van der Waals surface area contributed by atoms with Crippen molar-refractivity contribution < 1.29 is 9.66 Å². The second-order valence-corrected chi connectivity index (χ2v) is 5.00. The number of aromatic nitrogens is 2. The lowest BCUT2D eigenvalue weighted by molar-refractivity contribution is -0.384. The van der Waals surface area contributed by atoms with Crippen LogP contribution in [0.2, 0.25) is 0 Å². The Morgan fingerprint density at radius 1 is 1.24 bits per heavy atom. The number of hydrogen-bond acceptors (Lipinski definition) is 6. The predicted molar refractivity (Wildman–Crippen MR) is 94.4 cm³/mol. The summed E-state index contributed by atoms with van der Waals surface area (Å²) in [4.78, 5) is 14.4. The number of nitrogens with zero attached hydrogens (tertiary/aromatic N) is 4. The molecule has 0 aliphatic heterocycles. The smallest absolute Gasteiger partial charge is 0.313 e. The Hall–Kier alpha value is -3.68. The van der Waals surface area contributed by atoms with Crippen molar-refractivity contribution in [2.75, 3.05) is 12.5 Å². The zero-order valence-corrected chi connectivity index (χ0v) is 13.4. The molecule has 0 unspecified atom stereocenters. The summed E-state index contributed by atoms with van der Waals surface area (Å²) in [5.41, 5.74) is 4.22. The minimum absolute atomic E-state index is 0.0892. The lowest BCUT2D eigenvalue weighted by Crippen LogP contribution is -2.01. The molecule has 0 aliphatic carbocycles. The van der Waals surface area contributed by atoms with Crippen LogP contribution in [0.5, 0.6) is 5.75 Å². The highest BCUT2D eigenvalue weighted by molar-refractivity contribution is 5.79. The Bertz CT molecular complexity index is 903. The van der Waals surface area contributed by atoms with E-state index in [1.807, 2.05) is 47.2 Å². The zero-order chi connectivity index (χ0) is 17.6. The lowest BCUT2D eigenvalue weighted by atomic mass is 10.3. The fraction of sp³-hybridized carbons (Fsp3) is 0.0588. The van der Waals surface area contributed by atoms with Gasteiger partial charge in [-0.2, -0.15) is 5.10 Å². The number of anilines is 1. The van der Waals surface area contributed by atoms with Crippen molar-refractivity contribution in [2.24, 2.45) is 5.10 Å². The summed E-state index contributed by atoms with van der Waals surface area (Å²) in [5.74, 6) is 0.863. The molecule has 3 rings (SSSR count). The van der Waals surface area contributed by atoms with Crippen molar-refractivity contribution in [1.29, 1.82) is 0 Å². The molecule has 25 heavy (non-hydrogen) atoms. The van der Waals surface area contributed by atoms with E-state index < -0.39 is 4.92 Å². The number of nitro groups is 1. The summed E-state index contributed by atoms with van der Waals surface area (Å²) in [6.07, 6.45) is 4.93. The second-order valence-electron chi connectivity index (χ2n) is 5.00. The topological polar surface area (TPSA) is 94.6 Å². The van der Waals surface area contributed by atoms with E-state index in [2.05, 4.69) is 15.5 Å². The first-order chi connectivity index (χ1) is 12.2. The number of nitrogens with one attached hydrogen (secondary N) is 1. The molecule has 0 bridgehead atoms. The number of ether oxygens (including phenoxy) is 1. The summed E-state index contributed by atoms with van der Waals surface area (Å²) >= 11 is 0.